The first-order chi connectivity index (χ1) is 8.21. The average Bonchev–Trinajstić information content (AvgIpc) is 2.17. The molecule has 20 heavy (non-hydrogen) atoms. The number of quaternary nitrogens is 2. The monoisotopic (exact) mass is 292 g/mol. The summed E-state index contributed by atoms with van der Waals surface area (Å²) in [7, 11) is 13.7. The first-order valence-corrected chi connectivity index (χ1v) is 7.82. The molecule has 0 aromatic carbocycles. The van der Waals surface area contributed by atoms with Crippen LogP contribution in [0.1, 0.15) is 51.4 Å². The zero-order chi connectivity index (χ0) is 14.1. The SMILES string of the molecule is C[N+](C)(C)CCCCCCCCCC[N+](C)(C)C.[OH-].[OH-]. The van der Waals surface area contributed by atoms with E-state index in [0.29, 0.717) is 0 Å². The lowest BCUT2D eigenvalue weighted by atomic mass is 10.1. The molecule has 0 aliphatic rings. The molecule has 0 saturated carbocycles. The van der Waals surface area contributed by atoms with Crippen molar-refractivity contribution in [2.24, 2.45) is 0 Å². The third-order valence-corrected chi connectivity index (χ3v) is 3.41. The third-order valence-electron chi connectivity index (χ3n) is 3.41. The van der Waals surface area contributed by atoms with E-state index >= 15 is 0 Å². The molecular weight excluding hydrogens is 252 g/mol. The fraction of sp³-hybridized carbons (Fsp3) is 1.00. The van der Waals surface area contributed by atoms with Crippen molar-refractivity contribution < 1.29 is 19.9 Å². The Kier molecular flexibility index (Phi) is 15.6. The van der Waals surface area contributed by atoms with Crippen LogP contribution >= 0.6 is 0 Å². The van der Waals surface area contributed by atoms with Crippen molar-refractivity contribution in [2.45, 2.75) is 51.4 Å². The summed E-state index contributed by atoms with van der Waals surface area (Å²) >= 11 is 0. The van der Waals surface area contributed by atoms with E-state index in [0.717, 1.165) is 8.97 Å². The normalized spacial score (nSPS) is 11.7. The van der Waals surface area contributed by atoms with Gasteiger partial charge < -0.3 is 19.9 Å². The lowest BCUT2D eigenvalue weighted by Gasteiger charge is -2.23. The van der Waals surface area contributed by atoms with E-state index in [1.54, 1.807) is 0 Å². The van der Waals surface area contributed by atoms with E-state index in [2.05, 4.69) is 42.3 Å². The van der Waals surface area contributed by atoms with Gasteiger partial charge in [0.05, 0.1) is 55.4 Å². The smallest absolute Gasteiger partial charge is 0.0780 e. The Balaban J connectivity index is -0.00000144. The molecule has 126 valence electrons. The zero-order valence-electron chi connectivity index (χ0n) is 14.9. The topological polar surface area (TPSA) is 60.0 Å². The molecule has 0 aliphatic heterocycles. The Morgan fingerprint density at radius 1 is 0.400 bits per heavy atom. The highest BCUT2D eigenvalue weighted by Crippen LogP contribution is 2.10. The van der Waals surface area contributed by atoms with Gasteiger partial charge in [-0.3, -0.25) is 0 Å². The van der Waals surface area contributed by atoms with E-state index in [1.165, 1.54) is 64.5 Å². The summed E-state index contributed by atoms with van der Waals surface area (Å²) in [5.74, 6) is 0. The number of unbranched alkanes of at least 4 members (excludes halogenated alkanes) is 7. The lowest BCUT2D eigenvalue weighted by Crippen LogP contribution is -2.35. The van der Waals surface area contributed by atoms with Gasteiger partial charge >= 0.3 is 0 Å². The molecule has 0 fully saturated rings. The van der Waals surface area contributed by atoms with Crippen LogP contribution in [-0.4, -0.2) is 75.3 Å². The average molecular weight is 293 g/mol. The minimum atomic E-state index is 0. The quantitative estimate of drug-likeness (QED) is 0.434. The largest absolute Gasteiger partial charge is 0.870 e. The molecule has 0 bridgehead atoms. The van der Waals surface area contributed by atoms with Crippen LogP contribution in [0.25, 0.3) is 0 Å². The Morgan fingerprint density at radius 2 is 0.600 bits per heavy atom. The first-order valence-electron chi connectivity index (χ1n) is 7.82. The van der Waals surface area contributed by atoms with Crippen molar-refractivity contribution in [1.82, 2.24) is 0 Å². The minimum Gasteiger partial charge on any atom is -0.870 e. The molecule has 2 N–H and O–H groups in total. The molecule has 0 saturated heterocycles. The van der Waals surface area contributed by atoms with Crippen molar-refractivity contribution in [3.05, 3.63) is 0 Å². The molecule has 0 aromatic rings. The number of hydrogen-bond acceptors (Lipinski definition) is 2. The second-order valence-electron chi connectivity index (χ2n) is 7.86. The summed E-state index contributed by atoms with van der Waals surface area (Å²) in [6, 6.07) is 0. The Morgan fingerprint density at radius 3 is 0.800 bits per heavy atom. The van der Waals surface area contributed by atoms with Gasteiger partial charge in [-0.2, -0.15) is 0 Å². The highest BCUT2D eigenvalue weighted by Gasteiger charge is 2.06. The molecule has 0 aromatic heterocycles. The number of hydrogen-bond donors (Lipinski definition) is 0. The molecule has 0 heterocycles. The summed E-state index contributed by atoms with van der Waals surface area (Å²) < 4.78 is 2.23. The van der Waals surface area contributed by atoms with Gasteiger partial charge in [0.2, 0.25) is 0 Å². The molecule has 0 rings (SSSR count). The number of rotatable bonds is 11. The van der Waals surface area contributed by atoms with E-state index in [-0.39, 0.29) is 11.0 Å². The third kappa shape index (κ3) is 23.0. The van der Waals surface area contributed by atoms with Crippen LogP contribution in [0.4, 0.5) is 0 Å². The van der Waals surface area contributed by atoms with E-state index in [1.807, 2.05) is 0 Å². The fourth-order valence-corrected chi connectivity index (χ4v) is 2.23. The summed E-state index contributed by atoms with van der Waals surface area (Å²) in [6.07, 6.45) is 11.4. The molecule has 0 spiro atoms. The zero-order valence-corrected chi connectivity index (χ0v) is 14.9. The second-order valence-corrected chi connectivity index (χ2v) is 7.86. The van der Waals surface area contributed by atoms with Crippen LogP contribution < -0.4 is 0 Å². The van der Waals surface area contributed by atoms with Gasteiger partial charge in [-0.05, 0) is 25.7 Å². The van der Waals surface area contributed by atoms with E-state index in [4.69, 9.17) is 0 Å². The molecule has 0 amide bonds. The minimum absolute atomic E-state index is 0. The van der Waals surface area contributed by atoms with Crippen LogP contribution in [0, 0.1) is 0 Å². The highest BCUT2D eigenvalue weighted by atomic mass is 16.0. The van der Waals surface area contributed by atoms with Crippen molar-refractivity contribution in [3.8, 4) is 0 Å². The van der Waals surface area contributed by atoms with Gasteiger partial charge in [-0.15, -0.1) is 0 Å². The Labute approximate surface area is 127 Å². The van der Waals surface area contributed by atoms with Crippen LogP contribution in [0.2, 0.25) is 0 Å². The summed E-state index contributed by atoms with van der Waals surface area (Å²) in [5, 5.41) is 0. The standard InChI is InChI=1S/C16H38N2.2H2O/c1-17(2,3)15-13-11-9-7-8-10-12-14-16-18(4,5)6;;/h7-16H2,1-6H3;2*1H2/q+2;;/p-2. The predicted octanol–water partition coefficient (Wildman–Crippen LogP) is 3.17. The summed E-state index contributed by atoms with van der Waals surface area (Å²) in [5.41, 5.74) is 0. The van der Waals surface area contributed by atoms with Crippen LogP contribution in [0.15, 0.2) is 0 Å². The van der Waals surface area contributed by atoms with Gasteiger partial charge in [0.25, 0.3) is 0 Å². The Hall–Kier alpha value is -0.160. The van der Waals surface area contributed by atoms with Gasteiger partial charge in [0, 0.05) is 0 Å². The summed E-state index contributed by atoms with van der Waals surface area (Å²) in [4.78, 5) is 0. The molecule has 0 radical (unpaired) electrons. The molecule has 4 heteroatoms. The van der Waals surface area contributed by atoms with Crippen molar-refractivity contribution >= 4 is 0 Å². The molecule has 0 atom stereocenters. The molecule has 0 unspecified atom stereocenters. The van der Waals surface area contributed by atoms with E-state index in [9.17, 15) is 0 Å². The van der Waals surface area contributed by atoms with Gasteiger partial charge in [-0.1, -0.05) is 25.7 Å². The fourth-order valence-electron chi connectivity index (χ4n) is 2.23. The van der Waals surface area contributed by atoms with Crippen molar-refractivity contribution in [3.63, 3.8) is 0 Å². The van der Waals surface area contributed by atoms with Gasteiger partial charge in [0.1, 0.15) is 0 Å². The second kappa shape index (κ2) is 12.6. The van der Waals surface area contributed by atoms with Crippen LogP contribution in [-0.2, 0) is 0 Å². The molecule has 4 nitrogen and oxygen atoms in total. The predicted molar refractivity (Wildman–Crippen MR) is 86.6 cm³/mol. The van der Waals surface area contributed by atoms with Crippen molar-refractivity contribution in [2.75, 3.05) is 55.4 Å². The number of nitrogens with zero attached hydrogens (tertiary/aromatic N) is 2. The van der Waals surface area contributed by atoms with Gasteiger partial charge in [0.15, 0.2) is 0 Å². The lowest BCUT2D eigenvalue weighted by molar-refractivity contribution is -0.870. The molecule has 0 aliphatic carbocycles. The Bertz CT molecular complexity index is 174. The van der Waals surface area contributed by atoms with Crippen molar-refractivity contribution in [1.29, 1.82) is 0 Å². The molecular formula is C16H40N2O2. The van der Waals surface area contributed by atoms with Crippen LogP contribution in [0.3, 0.4) is 0 Å². The summed E-state index contributed by atoms with van der Waals surface area (Å²) in [6.45, 7) is 2.65. The maximum atomic E-state index is 2.29. The van der Waals surface area contributed by atoms with Gasteiger partial charge in [-0.25, -0.2) is 0 Å². The van der Waals surface area contributed by atoms with Crippen LogP contribution in [0.5, 0.6) is 0 Å². The first kappa shape index (κ1) is 24.8. The maximum Gasteiger partial charge on any atom is 0.0780 e. The maximum absolute atomic E-state index is 2.29. The highest BCUT2D eigenvalue weighted by molar-refractivity contribution is 4.47. The van der Waals surface area contributed by atoms with E-state index < -0.39 is 0 Å².